The molecule has 29 heavy (non-hydrogen) atoms. The largest absolute Gasteiger partial charge is 0.381 e. The minimum Gasteiger partial charge on any atom is -0.381 e. The lowest BCUT2D eigenvalue weighted by Crippen LogP contribution is -2.45. The monoisotopic (exact) mass is 395 g/mol. The van der Waals surface area contributed by atoms with Crippen LogP contribution in [0.3, 0.4) is 0 Å². The highest BCUT2D eigenvalue weighted by Gasteiger charge is 2.33. The quantitative estimate of drug-likeness (QED) is 0.724. The molecule has 0 aromatic heterocycles. The van der Waals surface area contributed by atoms with Gasteiger partial charge >= 0.3 is 0 Å². The molecule has 2 aliphatic heterocycles. The number of carbonyl (C=O) groups is 2. The lowest BCUT2D eigenvalue weighted by atomic mass is 9.88. The summed E-state index contributed by atoms with van der Waals surface area (Å²) < 4.78 is 20.0. The number of benzene rings is 2. The molecule has 5 heteroatoms. The summed E-state index contributed by atoms with van der Waals surface area (Å²) in [4.78, 5) is 27.7. The smallest absolute Gasteiger partial charge is 0.225 e. The molecule has 0 radical (unpaired) electrons. The number of halogens is 1. The van der Waals surface area contributed by atoms with E-state index in [0.717, 1.165) is 31.2 Å². The number of rotatable bonds is 4. The van der Waals surface area contributed by atoms with Crippen molar-refractivity contribution < 1.29 is 18.7 Å². The third-order valence-corrected chi connectivity index (χ3v) is 6.01. The van der Waals surface area contributed by atoms with Gasteiger partial charge in [-0.05, 0) is 37.3 Å². The van der Waals surface area contributed by atoms with Crippen molar-refractivity contribution in [3.63, 3.8) is 0 Å². The normalized spacial score (nSPS) is 20.4. The van der Waals surface area contributed by atoms with Crippen molar-refractivity contribution in [1.29, 1.82) is 0 Å². The lowest BCUT2D eigenvalue weighted by Gasteiger charge is -2.35. The fraction of sp³-hybridized carbons (Fsp3) is 0.417. The molecule has 0 N–H and O–H groups in total. The SMILES string of the molecule is O=C(c1ccc(-c2ccccc2)c(F)c1)C1CCCN(C(=O)C2CCOCC2)C1. The molecule has 0 aliphatic carbocycles. The molecule has 2 aliphatic rings. The van der Waals surface area contributed by atoms with E-state index >= 15 is 0 Å². The fourth-order valence-corrected chi connectivity index (χ4v) is 4.35. The Bertz CT molecular complexity index is 877. The zero-order valence-corrected chi connectivity index (χ0v) is 16.5. The van der Waals surface area contributed by atoms with Crippen LogP contribution in [-0.2, 0) is 9.53 Å². The van der Waals surface area contributed by atoms with Crippen molar-refractivity contribution in [2.24, 2.45) is 11.8 Å². The van der Waals surface area contributed by atoms with Crippen LogP contribution in [0.1, 0.15) is 36.0 Å². The van der Waals surface area contributed by atoms with E-state index in [9.17, 15) is 14.0 Å². The third-order valence-electron chi connectivity index (χ3n) is 6.01. The van der Waals surface area contributed by atoms with Crippen LogP contribution < -0.4 is 0 Å². The first-order valence-corrected chi connectivity index (χ1v) is 10.4. The van der Waals surface area contributed by atoms with Gasteiger partial charge in [-0.3, -0.25) is 9.59 Å². The number of likely N-dealkylation sites (tertiary alicyclic amines) is 1. The van der Waals surface area contributed by atoms with Gasteiger partial charge in [0, 0.05) is 49.3 Å². The lowest BCUT2D eigenvalue weighted by molar-refractivity contribution is -0.140. The molecule has 2 saturated heterocycles. The number of amides is 1. The molecule has 0 saturated carbocycles. The molecular formula is C24H26FNO3. The van der Waals surface area contributed by atoms with Crippen LogP contribution in [0.25, 0.3) is 11.1 Å². The highest BCUT2D eigenvalue weighted by Crippen LogP contribution is 2.28. The summed E-state index contributed by atoms with van der Waals surface area (Å²) in [5.74, 6) is -0.605. The van der Waals surface area contributed by atoms with Gasteiger partial charge in [0.05, 0.1) is 0 Å². The molecule has 2 aromatic rings. The summed E-state index contributed by atoms with van der Waals surface area (Å²) in [5, 5.41) is 0. The first-order chi connectivity index (χ1) is 14.1. The maximum Gasteiger partial charge on any atom is 0.225 e. The Labute approximate surface area is 170 Å². The average molecular weight is 395 g/mol. The average Bonchev–Trinajstić information content (AvgIpc) is 2.79. The van der Waals surface area contributed by atoms with Crippen LogP contribution in [0.2, 0.25) is 0 Å². The molecule has 152 valence electrons. The van der Waals surface area contributed by atoms with Crippen LogP contribution in [0.4, 0.5) is 4.39 Å². The number of ether oxygens (including phenoxy) is 1. The van der Waals surface area contributed by atoms with E-state index in [2.05, 4.69) is 0 Å². The number of piperidine rings is 1. The second kappa shape index (κ2) is 8.87. The standard InChI is InChI=1S/C24H26FNO3/c25-22-15-19(8-9-21(22)17-5-2-1-3-6-17)23(27)20-7-4-12-26(16-20)24(28)18-10-13-29-14-11-18/h1-3,5-6,8-9,15,18,20H,4,7,10-14,16H2. The topological polar surface area (TPSA) is 46.6 Å². The number of Topliss-reactive ketones (excluding diaryl/α,β-unsaturated/α-hetero) is 1. The number of nitrogens with zero attached hydrogens (tertiary/aromatic N) is 1. The van der Waals surface area contributed by atoms with E-state index in [1.54, 1.807) is 12.1 Å². The Kier molecular flexibility index (Phi) is 6.05. The predicted molar refractivity (Wildman–Crippen MR) is 109 cm³/mol. The van der Waals surface area contributed by atoms with Gasteiger partial charge in [0.1, 0.15) is 5.82 Å². The summed E-state index contributed by atoms with van der Waals surface area (Å²) in [6, 6.07) is 14.0. The molecule has 4 nitrogen and oxygen atoms in total. The Balaban J connectivity index is 1.46. The Morgan fingerprint density at radius 1 is 0.966 bits per heavy atom. The molecule has 4 rings (SSSR count). The van der Waals surface area contributed by atoms with Crippen molar-refractivity contribution >= 4 is 11.7 Å². The first kappa shape index (κ1) is 19.8. The highest BCUT2D eigenvalue weighted by molar-refractivity contribution is 5.98. The van der Waals surface area contributed by atoms with Crippen LogP contribution >= 0.6 is 0 Å². The van der Waals surface area contributed by atoms with E-state index in [1.165, 1.54) is 6.07 Å². The summed E-state index contributed by atoms with van der Waals surface area (Å²) in [6.07, 6.45) is 3.04. The first-order valence-electron chi connectivity index (χ1n) is 10.4. The molecule has 2 fully saturated rings. The third kappa shape index (κ3) is 4.40. The van der Waals surface area contributed by atoms with Crippen molar-refractivity contribution in [1.82, 2.24) is 4.90 Å². The maximum atomic E-state index is 14.7. The predicted octanol–water partition coefficient (Wildman–Crippen LogP) is 4.34. The zero-order valence-electron chi connectivity index (χ0n) is 16.5. The highest BCUT2D eigenvalue weighted by atomic mass is 19.1. The van der Waals surface area contributed by atoms with Gasteiger partial charge in [0.2, 0.25) is 5.91 Å². The van der Waals surface area contributed by atoms with Crippen LogP contribution in [-0.4, -0.2) is 42.9 Å². The van der Waals surface area contributed by atoms with Crippen molar-refractivity contribution in [2.75, 3.05) is 26.3 Å². The van der Waals surface area contributed by atoms with Crippen molar-refractivity contribution in [3.8, 4) is 11.1 Å². The van der Waals surface area contributed by atoms with Gasteiger partial charge in [0.15, 0.2) is 5.78 Å². The summed E-state index contributed by atoms with van der Waals surface area (Å²) in [5.41, 5.74) is 1.66. The molecule has 0 bridgehead atoms. The Morgan fingerprint density at radius 3 is 2.45 bits per heavy atom. The minimum atomic E-state index is -0.395. The van der Waals surface area contributed by atoms with E-state index in [1.807, 2.05) is 35.2 Å². The van der Waals surface area contributed by atoms with E-state index < -0.39 is 5.82 Å². The van der Waals surface area contributed by atoms with Gasteiger partial charge in [-0.15, -0.1) is 0 Å². The summed E-state index contributed by atoms with van der Waals surface area (Å²) in [6.45, 7) is 2.37. The molecule has 2 aromatic carbocycles. The van der Waals surface area contributed by atoms with Gasteiger partial charge in [-0.2, -0.15) is 0 Å². The van der Waals surface area contributed by atoms with Crippen LogP contribution in [0.15, 0.2) is 48.5 Å². The molecular weight excluding hydrogens is 369 g/mol. The summed E-state index contributed by atoms with van der Waals surface area (Å²) in [7, 11) is 0. The molecule has 1 atom stereocenters. The Morgan fingerprint density at radius 2 is 1.72 bits per heavy atom. The van der Waals surface area contributed by atoms with Gasteiger partial charge in [-0.1, -0.05) is 42.5 Å². The minimum absolute atomic E-state index is 0.000187. The van der Waals surface area contributed by atoms with Crippen molar-refractivity contribution in [2.45, 2.75) is 25.7 Å². The van der Waals surface area contributed by atoms with Crippen molar-refractivity contribution in [3.05, 3.63) is 59.9 Å². The van der Waals surface area contributed by atoms with Crippen LogP contribution in [0.5, 0.6) is 0 Å². The number of ketones is 1. The van der Waals surface area contributed by atoms with Gasteiger partial charge < -0.3 is 9.64 Å². The maximum absolute atomic E-state index is 14.7. The van der Waals surface area contributed by atoms with E-state index in [0.29, 0.717) is 37.4 Å². The van der Waals surface area contributed by atoms with Gasteiger partial charge in [0.25, 0.3) is 0 Å². The molecule has 1 unspecified atom stereocenters. The molecule has 1 amide bonds. The van der Waals surface area contributed by atoms with E-state index in [4.69, 9.17) is 4.74 Å². The fourth-order valence-electron chi connectivity index (χ4n) is 4.35. The molecule has 2 heterocycles. The zero-order chi connectivity index (χ0) is 20.2. The number of hydrogen-bond acceptors (Lipinski definition) is 3. The number of hydrogen-bond donors (Lipinski definition) is 0. The van der Waals surface area contributed by atoms with E-state index in [-0.39, 0.29) is 23.5 Å². The number of carbonyl (C=O) groups excluding carboxylic acids is 2. The Hall–Kier alpha value is -2.53. The summed E-state index contributed by atoms with van der Waals surface area (Å²) >= 11 is 0. The van der Waals surface area contributed by atoms with Crippen LogP contribution in [0, 0.1) is 17.7 Å². The van der Waals surface area contributed by atoms with Gasteiger partial charge in [-0.25, -0.2) is 4.39 Å². The second-order valence-corrected chi connectivity index (χ2v) is 7.93. The second-order valence-electron chi connectivity index (χ2n) is 7.93. The molecule has 0 spiro atoms.